The first kappa shape index (κ1) is 23.4. The number of aliphatic hydroxyl groups is 3. The Morgan fingerprint density at radius 2 is 1.56 bits per heavy atom. The topological polar surface area (TPSA) is 94.8 Å². The van der Waals surface area contributed by atoms with Gasteiger partial charge in [-0.1, -0.05) is 45.2 Å². The van der Waals surface area contributed by atoms with E-state index in [1.807, 2.05) is 13.0 Å². The summed E-state index contributed by atoms with van der Waals surface area (Å²) < 4.78 is 0. The lowest BCUT2D eigenvalue weighted by atomic mass is 9.88. The van der Waals surface area contributed by atoms with Crippen molar-refractivity contribution < 1.29 is 24.9 Å². The first-order chi connectivity index (χ1) is 12.1. The Hall–Kier alpha value is -1.56. The Morgan fingerprint density at radius 3 is 1.96 bits per heavy atom. The number of hydrogen-bond donors (Lipinski definition) is 3. The van der Waals surface area contributed by atoms with E-state index in [-0.39, 0.29) is 19.8 Å². The minimum Gasteiger partial charge on any atom is -0.396 e. The normalized spacial score (nSPS) is 10.8. The van der Waals surface area contributed by atoms with E-state index in [4.69, 9.17) is 15.3 Å². The molecule has 3 N–H and O–H groups in total. The van der Waals surface area contributed by atoms with Crippen LogP contribution < -0.4 is 0 Å². The smallest absolute Gasteiger partial charge is 0.150 e. The molecule has 142 valence electrons. The molecule has 0 amide bonds. The predicted molar refractivity (Wildman–Crippen MR) is 99.0 cm³/mol. The van der Waals surface area contributed by atoms with Gasteiger partial charge in [0.1, 0.15) is 12.6 Å². The van der Waals surface area contributed by atoms with Gasteiger partial charge < -0.3 is 15.3 Å². The molecular weight excluding hydrogens is 320 g/mol. The molecule has 5 nitrogen and oxygen atoms in total. The fourth-order valence-electron chi connectivity index (χ4n) is 2.26. The first-order valence-electron chi connectivity index (χ1n) is 8.92. The quantitative estimate of drug-likeness (QED) is 0.420. The zero-order valence-electron chi connectivity index (χ0n) is 15.4. The summed E-state index contributed by atoms with van der Waals surface area (Å²) in [7, 11) is 0. The maximum atomic E-state index is 10.8. The molecule has 0 aliphatic rings. The molecule has 0 spiro atoms. The molecular formula is C20H32O5. The van der Waals surface area contributed by atoms with Gasteiger partial charge in [-0.15, -0.1) is 0 Å². The molecule has 0 heterocycles. The van der Waals surface area contributed by atoms with Crippen LogP contribution in [0.1, 0.15) is 72.2 Å². The van der Waals surface area contributed by atoms with Gasteiger partial charge >= 0.3 is 0 Å². The van der Waals surface area contributed by atoms with Gasteiger partial charge in [-0.05, 0) is 30.9 Å². The lowest BCUT2D eigenvalue weighted by Gasteiger charge is -2.24. The third kappa shape index (κ3) is 8.38. The van der Waals surface area contributed by atoms with Crippen molar-refractivity contribution in [1.29, 1.82) is 0 Å². The summed E-state index contributed by atoms with van der Waals surface area (Å²) in [5.74, 6) is 0. The molecule has 0 aliphatic carbocycles. The molecule has 1 aromatic carbocycles. The van der Waals surface area contributed by atoms with E-state index in [1.165, 1.54) is 19.3 Å². The number of carbonyl (C=O) groups excluding carboxylic acids is 2. The van der Waals surface area contributed by atoms with Crippen molar-refractivity contribution in [2.45, 2.75) is 52.4 Å². The van der Waals surface area contributed by atoms with Gasteiger partial charge in [-0.3, -0.25) is 9.59 Å². The van der Waals surface area contributed by atoms with Crippen LogP contribution in [-0.4, -0.2) is 47.7 Å². The van der Waals surface area contributed by atoms with Crippen LogP contribution in [0.4, 0.5) is 0 Å². The van der Waals surface area contributed by atoms with Gasteiger partial charge in [0.15, 0.2) is 0 Å². The minimum atomic E-state index is -0.667. The molecule has 0 unspecified atom stereocenters. The molecule has 0 saturated heterocycles. The molecule has 5 heteroatoms. The fourth-order valence-corrected chi connectivity index (χ4v) is 2.26. The molecule has 1 aromatic rings. The summed E-state index contributed by atoms with van der Waals surface area (Å²) in [5.41, 5.74) is 1.69. The predicted octanol–water partition coefficient (Wildman–Crippen LogP) is 2.79. The Morgan fingerprint density at radius 1 is 0.920 bits per heavy atom. The summed E-state index contributed by atoms with van der Waals surface area (Å²) >= 11 is 0. The van der Waals surface area contributed by atoms with E-state index in [0.29, 0.717) is 17.5 Å². The highest BCUT2D eigenvalue weighted by Gasteiger charge is 2.24. The molecule has 0 aromatic heterocycles. The van der Waals surface area contributed by atoms with E-state index in [9.17, 15) is 9.59 Å². The van der Waals surface area contributed by atoms with Crippen molar-refractivity contribution >= 4 is 12.6 Å². The number of aliphatic hydroxyl groups excluding tert-OH is 3. The van der Waals surface area contributed by atoms with Crippen LogP contribution in [-0.2, 0) is 6.42 Å². The molecule has 0 fully saturated rings. The van der Waals surface area contributed by atoms with Gasteiger partial charge in [0.2, 0.25) is 0 Å². The van der Waals surface area contributed by atoms with Gasteiger partial charge in [0.25, 0.3) is 0 Å². The van der Waals surface area contributed by atoms with E-state index >= 15 is 0 Å². The molecule has 0 saturated carbocycles. The second-order valence-corrected chi connectivity index (χ2v) is 6.33. The molecule has 1 rings (SSSR count). The Bertz CT molecular complexity index is 477. The highest BCUT2D eigenvalue weighted by atomic mass is 16.3. The van der Waals surface area contributed by atoms with Crippen LogP contribution in [0.15, 0.2) is 18.2 Å². The third-order valence-corrected chi connectivity index (χ3v) is 4.49. The van der Waals surface area contributed by atoms with Crippen molar-refractivity contribution in [3.8, 4) is 0 Å². The highest BCUT2D eigenvalue weighted by molar-refractivity contribution is 5.81. The monoisotopic (exact) mass is 352 g/mol. The van der Waals surface area contributed by atoms with Crippen LogP contribution in [0.25, 0.3) is 0 Å². The van der Waals surface area contributed by atoms with E-state index in [2.05, 4.69) is 6.92 Å². The Balaban J connectivity index is 0.000000547. The number of carbonyl (C=O) groups is 2. The lowest BCUT2D eigenvalue weighted by molar-refractivity contribution is 0.00304. The van der Waals surface area contributed by atoms with Crippen LogP contribution in [0.3, 0.4) is 0 Å². The lowest BCUT2D eigenvalue weighted by Crippen LogP contribution is -2.32. The Labute approximate surface area is 150 Å². The minimum absolute atomic E-state index is 0.156. The summed E-state index contributed by atoms with van der Waals surface area (Å²) in [6.45, 7) is 3.52. The summed E-state index contributed by atoms with van der Waals surface area (Å²) in [6.07, 6.45) is 7.86. The number of unbranched alkanes of at least 4 members (excludes halogenated alkanes) is 3. The first-order valence-corrected chi connectivity index (χ1v) is 8.92. The zero-order valence-corrected chi connectivity index (χ0v) is 15.4. The second-order valence-electron chi connectivity index (χ2n) is 6.33. The van der Waals surface area contributed by atoms with E-state index < -0.39 is 5.41 Å². The Kier molecular flexibility index (Phi) is 12.8. The van der Waals surface area contributed by atoms with Crippen molar-refractivity contribution in [2.75, 3.05) is 19.8 Å². The van der Waals surface area contributed by atoms with Crippen molar-refractivity contribution in [1.82, 2.24) is 0 Å². The second kappa shape index (κ2) is 13.7. The van der Waals surface area contributed by atoms with Crippen LogP contribution >= 0.6 is 0 Å². The highest BCUT2D eigenvalue weighted by Crippen LogP contribution is 2.18. The maximum absolute atomic E-state index is 10.8. The molecule has 0 aliphatic heterocycles. The standard InChI is InChI=1S/C14H18O2.C6H14O3/c1-2-3-4-5-6-13-9-12(10-15)7-8-14(13)11-16;1-2-6(3-7,4-8)5-9/h7-11H,2-6H2,1H3;7-9H,2-5H2,1H3. The van der Waals surface area contributed by atoms with Crippen molar-refractivity contribution in [2.24, 2.45) is 5.41 Å². The number of benzene rings is 1. The van der Waals surface area contributed by atoms with Gasteiger partial charge in [-0.2, -0.15) is 0 Å². The summed E-state index contributed by atoms with van der Waals surface area (Å²) in [4.78, 5) is 21.5. The summed E-state index contributed by atoms with van der Waals surface area (Å²) in [5, 5.41) is 26.0. The van der Waals surface area contributed by atoms with Crippen LogP contribution in [0.5, 0.6) is 0 Å². The zero-order chi connectivity index (χ0) is 19.1. The van der Waals surface area contributed by atoms with E-state index in [1.54, 1.807) is 12.1 Å². The summed E-state index contributed by atoms with van der Waals surface area (Å²) in [6, 6.07) is 5.24. The van der Waals surface area contributed by atoms with Gasteiger partial charge in [-0.25, -0.2) is 0 Å². The fraction of sp³-hybridized carbons (Fsp3) is 0.600. The number of aldehydes is 2. The molecule has 0 bridgehead atoms. The van der Waals surface area contributed by atoms with Gasteiger partial charge in [0.05, 0.1) is 19.8 Å². The molecule has 0 radical (unpaired) electrons. The number of rotatable bonds is 11. The number of aryl methyl sites for hydroxylation is 1. The average Bonchev–Trinajstić information content (AvgIpc) is 2.68. The number of hydrogen-bond acceptors (Lipinski definition) is 5. The average molecular weight is 352 g/mol. The van der Waals surface area contributed by atoms with Crippen molar-refractivity contribution in [3.05, 3.63) is 34.9 Å². The third-order valence-electron chi connectivity index (χ3n) is 4.49. The molecule has 25 heavy (non-hydrogen) atoms. The molecule has 0 atom stereocenters. The SMILES string of the molecule is CCC(CO)(CO)CO.CCCCCCc1cc(C=O)ccc1C=O. The van der Waals surface area contributed by atoms with Crippen molar-refractivity contribution in [3.63, 3.8) is 0 Å². The van der Waals surface area contributed by atoms with Crippen LogP contribution in [0.2, 0.25) is 0 Å². The van der Waals surface area contributed by atoms with Crippen LogP contribution in [0, 0.1) is 5.41 Å². The van der Waals surface area contributed by atoms with E-state index in [0.717, 1.165) is 31.0 Å². The maximum Gasteiger partial charge on any atom is 0.150 e. The largest absolute Gasteiger partial charge is 0.396 e. The van der Waals surface area contributed by atoms with Gasteiger partial charge in [0, 0.05) is 16.5 Å².